The molecule has 202 valence electrons. The Balaban J connectivity index is 1.09. The number of ether oxygens (including phenoxy) is 1. The number of aliphatic hydroxyl groups is 1. The molecule has 2 aliphatic heterocycles. The molecule has 1 amide bonds. The summed E-state index contributed by atoms with van der Waals surface area (Å²) in [7, 11) is 0. The van der Waals surface area contributed by atoms with E-state index in [0.717, 1.165) is 30.5 Å². The molecular formula is C29H33N7O3. The largest absolute Gasteiger partial charge is 0.390 e. The van der Waals surface area contributed by atoms with Gasteiger partial charge < -0.3 is 24.6 Å². The average molecular weight is 528 g/mol. The van der Waals surface area contributed by atoms with Crippen LogP contribution in [0.4, 0.5) is 5.82 Å². The molecule has 0 spiro atoms. The van der Waals surface area contributed by atoms with Crippen molar-refractivity contribution in [2.24, 2.45) is 0 Å². The first-order chi connectivity index (χ1) is 19.1. The maximum absolute atomic E-state index is 12.8. The van der Waals surface area contributed by atoms with E-state index in [1.165, 1.54) is 11.1 Å². The second-order valence-corrected chi connectivity index (χ2v) is 10.1. The summed E-state index contributed by atoms with van der Waals surface area (Å²) in [6.45, 7) is 5.41. The van der Waals surface area contributed by atoms with Gasteiger partial charge in [0.05, 0.1) is 19.3 Å². The third kappa shape index (κ3) is 5.93. The van der Waals surface area contributed by atoms with E-state index in [9.17, 15) is 9.90 Å². The second kappa shape index (κ2) is 11.5. The van der Waals surface area contributed by atoms with Crippen molar-refractivity contribution in [1.29, 1.82) is 0 Å². The van der Waals surface area contributed by atoms with Crippen LogP contribution in [0.15, 0.2) is 61.1 Å². The number of fused-ring (bicyclic) bond motifs is 2. The molecule has 3 aromatic heterocycles. The van der Waals surface area contributed by atoms with Crippen LogP contribution in [0, 0.1) is 0 Å². The van der Waals surface area contributed by atoms with Crippen molar-refractivity contribution in [3.8, 4) is 11.4 Å². The van der Waals surface area contributed by atoms with Crippen molar-refractivity contribution < 1.29 is 14.6 Å². The Kier molecular flexibility index (Phi) is 7.49. The lowest BCUT2D eigenvalue weighted by atomic mass is 10.00. The fourth-order valence-electron chi connectivity index (χ4n) is 5.26. The molecule has 10 nitrogen and oxygen atoms in total. The van der Waals surface area contributed by atoms with Crippen molar-refractivity contribution >= 4 is 22.8 Å². The first kappa shape index (κ1) is 25.4. The minimum Gasteiger partial charge on any atom is -0.390 e. The lowest BCUT2D eigenvalue weighted by Gasteiger charge is -2.30. The summed E-state index contributed by atoms with van der Waals surface area (Å²) >= 11 is 0. The topological polar surface area (TPSA) is 109 Å². The molecule has 2 N–H and O–H groups in total. The van der Waals surface area contributed by atoms with Gasteiger partial charge in [-0.1, -0.05) is 24.3 Å². The highest BCUT2D eigenvalue weighted by Crippen LogP contribution is 2.22. The SMILES string of the molecule is O=C(Cn1ccc2cnc(-c3ccnc(NCC(O)CN4CCc5ccccc5C4)c3)nc21)N1CCOCC1. The highest BCUT2D eigenvalue weighted by Gasteiger charge is 2.20. The zero-order valence-corrected chi connectivity index (χ0v) is 21.9. The monoisotopic (exact) mass is 527 g/mol. The molecule has 1 aromatic carbocycles. The lowest BCUT2D eigenvalue weighted by molar-refractivity contribution is -0.135. The molecule has 1 fully saturated rings. The zero-order valence-electron chi connectivity index (χ0n) is 21.9. The minimum atomic E-state index is -0.527. The van der Waals surface area contributed by atoms with Gasteiger partial charge in [0.1, 0.15) is 18.0 Å². The molecule has 1 saturated heterocycles. The first-order valence-electron chi connectivity index (χ1n) is 13.5. The van der Waals surface area contributed by atoms with E-state index in [-0.39, 0.29) is 12.5 Å². The van der Waals surface area contributed by atoms with Crippen LogP contribution >= 0.6 is 0 Å². The lowest BCUT2D eigenvalue weighted by Crippen LogP contribution is -2.42. The van der Waals surface area contributed by atoms with E-state index in [2.05, 4.69) is 44.5 Å². The van der Waals surface area contributed by atoms with E-state index in [4.69, 9.17) is 9.72 Å². The van der Waals surface area contributed by atoms with Gasteiger partial charge in [0, 0.05) is 68.8 Å². The number of hydrogen-bond acceptors (Lipinski definition) is 8. The van der Waals surface area contributed by atoms with Crippen LogP contribution in [-0.2, 0) is 29.0 Å². The summed E-state index contributed by atoms with van der Waals surface area (Å²) in [5.41, 5.74) is 4.26. The van der Waals surface area contributed by atoms with Crippen LogP contribution in [0.25, 0.3) is 22.4 Å². The number of aliphatic hydroxyl groups excluding tert-OH is 1. The number of anilines is 1. The Hall–Kier alpha value is -3.86. The molecule has 4 aromatic rings. The standard InChI is InChI=1S/C29H33N7O3/c37-25(19-34-9-6-21-3-1-2-4-24(21)18-34)17-31-26-15-22(5-8-30-26)28-32-16-23-7-10-36(29(23)33-28)20-27(38)35-11-13-39-14-12-35/h1-5,7-8,10,15-16,25,37H,6,9,11-14,17-20H2,(H,30,31). The Morgan fingerprint density at radius 2 is 1.92 bits per heavy atom. The smallest absolute Gasteiger partial charge is 0.242 e. The van der Waals surface area contributed by atoms with Gasteiger partial charge in [0.25, 0.3) is 0 Å². The number of amides is 1. The van der Waals surface area contributed by atoms with Gasteiger partial charge in [-0.25, -0.2) is 15.0 Å². The molecule has 0 radical (unpaired) electrons. The third-order valence-corrected chi connectivity index (χ3v) is 7.39. The van der Waals surface area contributed by atoms with Crippen LogP contribution < -0.4 is 5.32 Å². The van der Waals surface area contributed by atoms with Crippen molar-refractivity contribution in [3.63, 3.8) is 0 Å². The van der Waals surface area contributed by atoms with Crippen LogP contribution in [0.3, 0.4) is 0 Å². The maximum atomic E-state index is 12.8. The Morgan fingerprint density at radius 1 is 1.08 bits per heavy atom. The summed E-state index contributed by atoms with van der Waals surface area (Å²) in [4.78, 5) is 30.6. The van der Waals surface area contributed by atoms with Crippen LogP contribution in [0.5, 0.6) is 0 Å². The minimum absolute atomic E-state index is 0.0543. The van der Waals surface area contributed by atoms with Crippen molar-refractivity contribution in [2.45, 2.75) is 25.6 Å². The van der Waals surface area contributed by atoms with Gasteiger partial charge in [-0.15, -0.1) is 0 Å². The fourth-order valence-corrected chi connectivity index (χ4v) is 5.26. The first-order valence-corrected chi connectivity index (χ1v) is 13.5. The molecule has 10 heteroatoms. The number of carbonyl (C=O) groups excluding carboxylic acids is 1. The number of pyridine rings is 1. The number of nitrogens with one attached hydrogen (secondary N) is 1. The fraction of sp³-hybridized carbons (Fsp3) is 0.379. The normalized spacial score (nSPS) is 16.7. The molecule has 0 bridgehead atoms. The number of β-amino-alcohol motifs (C(OH)–C–C–N with tert-alkyl or cyclic N) is 1. The number of hydrogen-bond donors (Lipinski definition) is 2. The van der Waals surface area contributed by atoms with Crippen molar-refractivity contribution in [1.82, 2.24) is 29.3 Å². The summed E-state index contributed by atoms with van der Waals surface area (Å²) in [6, 6.07) is 14.2. The van der Waals surface area contributed by atoms with E-state index < -0.39 is 6.10 Å². The molecule has 0 aliphatic carbocycles. The predicted octanol–water partition coefficient (Wildman–Crippen LogP) is 2.18. The van der Waals surface area contributed by atoms with Gasteiger partial charge in [0.15, 0.2) is 5.82 Å². The molecule has 0 saturated carbocycles. The summed E-state index contributed by atoms with van der Waals surface area (Å²) in [5, 5.41) is 14.8. The van der Waals surface area contributed by atoms with Gasteiger partial charge in [-0.05, 0) is 35.7 Å². The quantitative estimate of drug-likeness (QED) is 0.359. The zero-order chi connectivity index (χ0) is 26.6. The molecule has 39 heavy (non-hydrogen) atoms. The average Bonchev–Trinajstić information content (AvgIpc) is 3.38. The van der Waals surface area contributed by atoms with Crippen LogP contribution in [0.2, 0.25) is 0 Å². The second-order valence-electron chi connectivity index (χ2n) is 10.1. The Morgan fingerprint density at radius 3 is 2.79 bits per heavy atom. The Labute approximate surface area is 227 Å². The van der Waals surface area contributed by atoms with Crippen molar-refractivity contribution in [2.75, 3.05) is 51.3 Å². The van der Waals surface area contributed by atoms with Gasteiger partial charge in [0.2, 0.25) is 5.91 Å². The summed E-state index contributed by atoms with van der Waals surface area (Å²) < 4.78 is 7.23. The van der Waals surface area contributed by atoms with Crippen LogP contribution in [-0.4, -0.2) is 92.4 Å². The molecule has 5 heterocycles. The number of carbonyl (C=O) groups is 1. The van der Waals surface area contributed by atoms with Crippen molar-refractivity contribution in [3.05, 3.63) is 72.2 Å². The molecular weight excluding hydrogens is 494 g/mol. The van der Waals surface area contributed by atoms with E-state index in [1.807, 2.05) is 33.9 Å². The van der Waals surface area contributed by atoms with E-state index >= 15 is 0 Å². The number of morpholine rings is 1. The number of rotatable bonds is 8. The summed E-state index contributed by atoms with van der Waals surface area (Å²) in [5.74, 6) is 1.26. The van der Waals surface area contributed by atoms with E-state index in [0.29, 0.717) is 56.7 Å². The Bertz CT molecular complexity index is 1450. The molecule has 1 unspecified atom stereocenters. The van der Waals surface area contributed by atoms with Crippen LogP contribution in [0.1, 0.15) is 11.1 Å². The van der Waals surface area contributed by atoms with Gasteiger partial charge >= 0.3 is 0 Å². The maximum Gasteiger partial charge on any atom is 0.242 e. The third-order valence-electron chi connectivity index (χ3n) is 7.39. The molecule has 6 rings (SSSR count). The van der Waals surface area contributed by atoms with E-state index in [1.54, 1.807) is 12.4 Å². The summed E-state index contributed by atoms with van der Waals surface area (Å²) in [6.07, 6.45) is 5.85. The predicted molar refractivity (Wildman–Crippen MR) is 148 cm³/mol. The highest BCUT2D eigenvalue weighted by molar-refractivity contribution is 5.81. The van der Waals surface area contributed by atoms with Gasteiger partial charge in [-0.2, -0.15) is 0 Å². The van der Waals surface area contributed by atoms with Gasteiger partial charge in [-0.3, -0.25) is 9.69 Å². The molecule has 1 atom stereocenters. The highest BCUT2D eigenvalue weighted by atomic mass is 16.5. The number of benzene rings is 1. The number of aromatic nitrogens is 4. The number of nitrogens with zero attached hydrogens (tertiary/aromatic N) is 6. The molecule has 2 aliphatic rings.